The van der Waals surface area contributed by atoms with Crippen LogP contribution in [-0.2, 0) is 22.4 Å². The second-order valence-corrected chi connectivity index (χ2v) is 14.6. The van der Waals surface area contributed by atoms with Gasteiger partial charge in [0.05, 0.1) is 40.3 Å². The Labute approximate surface area is 329 Å². The van der Waals surface area contributed by atoms with Gasteiger partial charge in [0, 0.05) is 63.7 Å². The number of ether oxygens (including phenoxy) is 4. The molecule has 0 saturated carbocycles. The summed E-state index contributed by atoms with van der Waals surface area (Å²) in [5.41, 5.74) is 5.94. The molecule has 0 bridgehead atoms. The fourth-order valence-corrected chi connectivity index (χ4v) is 7.79. The van der Waals surface area contributed by atoms with Crippen LogP contribution in [0.1, 0.15) is 22.3 Å². The third-order valence-corrected chi connectivity index (χ3v) is 11.1. The Balaban J connectivity index is 1.36. The minimum Gasteiger partial charge on any atom is -0.502 e. The van der Waals surface area contributed by atoms with E-state index in [-0.39, 0.29) is 59.2 Å². The van der Waals surface area contributed by atoms with Crippen molar-refractivity contribution in [3.63, 3.8) is 0 Å². The fraction of sp³-hybridized carbons (Fsp3) is 0.409. The zero-order valence-corrected chi connectivity index (χ0v) is 33.3. The summed E-state index contributed by atoms with van der Waals surface area (Å²) in [5, 5.41) is 21.5. The zero-order valence-electron chi connectivity index (χ0n) is 33.3. The molecule has 2 heterocycles. The van der Waals surface area contributed by atoms with E-state index in [2.05, 4.69) is 72.2 Å². The normalized spacial score (nSPS) is 15.6. The first-order valence-electron chi connectivity index (χ1n) is 19.1. The molecule has 0 unspecified atom stereocenters. The number of methoxy groups -OCH3 is 4. The standard InChI is InChI=1S/C44H54N4O8/c1-29-7-11-33(12-8-29)45-15-19-47(20-16-45)43(51)35(23-31-25-37(53-3)41(49)38(26-31)54-4)36(24-32-27-39(55-5)42(50)40(28-32)56-6)44(52)48-21-17-46(18-22-48)34-13-9-30(2)10-14-34/h7-14,25-28,35-36,49-50H,15-24H2,1-6H3/t35-,36+. The molecular formula is C44H54N4O8. The third-order valence-electron chi connectivity index (χ3n) is 11.1. The van der Waals surface area contributed by atoms with Crippen LogP contribution in [0.15, 0.2) is 72.8 Å². The molecule has 2 aliphatic rings. The van der Waals surface area contributed by atoms with Crippen LogP contribution in [0.25, 0.3) is 0 Å². The number of piperazine rings is 2. The first-order valence-corrected chi connectivity index (χ1v) is 19.1. The second kappa shape index (κ2) is 17.8. The van der Waals surface area contributed by atoms with Crippen molar-refractivity contribution in [3.8, 4) is 34.5 Å². The number of carbonyl (C=O) groups excluding carboxylic acids is 2. The number of phenols is 2. The number of anilines is 2. The van der Waals surface area contributed by atoms with Gasteiger partial charge in [0.2, 0.25) is 23.3 Å². The smallest absolute Gasteiger partial charge is 0.226 e. The summed E-state index contributed by atoms with van der Waals surface area (Å²) >= 11 is 0. The predicted octanol–water partition coefficient (Wildman–Crippen LogP) is 5.46. The van der Waals surface area contributed by atoms with Crippen LogP contribution in [-0.4, -0.2) is 113 Å². The molecule has 12 heteroatoms. The second-order valence-electron chi connectivity index (χ2n) is 14.6. The molecule has 6 rings (SSSR count). The van der Waals surface area contributed by atoms with Gasteiger partial charge < -0.3 is 48.8 Å². The van der Waals surface area contributed by atoms with Crippen molar-refractivity contribution in [2.24, 2.45) is 11.8 Å². The van der Waals surface area contributed by atoms with Gasteiger partial charge in [-0.05, 0) is 86.3 Å². The third kappa shape index (κ3) is 8.85. The SMILES string of the molecule is COc1cc(C[C@H](C(=O)N2CCN(c3ccc(C)cc3)CC2)[C@@H](Cc2cc(OC)c(O)c(OC)c2)C(=O)N2CCN(c3ccc(C)cc3)CC2)cc(OC)c1O. The number of aromatic hydroxyl groups is 2. The van der Waals surface area contributed by atoms with Crippen molar-refractivity contribution in [2.45, 2.75) is 26.7 Å². The summed E-state index contributed by atoms with van der Waals surface area (Å²) in [5.74, 6) is -1.33. The lowest BCUT2D eigenvalue weighted by atomic mass is 9.80. The number of nitrogens with zero attached hydrogens (tertiary/aromatic N) is 4. The summed E-state index contributed by atoms with van der Waals surface area (Å²) in [6, 6.07) is 23.6. The molecule has 4 aromatic carbocycles. The van der Waals surface area contributed by atoms with Gasteiger partial charge in [-0.15, -0.1) is 0 Å². The van der Waals surface area contributed by atoms with Gasteiger partial charge in [-0.3, -0.25) is 9.59 Å². The average molecular weight is 767 g/mol. The Hall–Kier alpha value is -5.78. The minimum atomic E-state index is -0.812. The molecule has 56 heavy (non-hydrogen) atoms. The van der Waals surface area contributed by atoms with Crippen LogP contribution in [0.4, 0.5) is 11.4 Å². The summed E-state index contributed by atoms with van der Waals surface area (Å²) < 4.78 is 22.0. The number of rotatable bonds is 13. The predicted molar refractivity (Wildman–Crippen MR) is 217 cm³/mol. The highest BCUT2D eigenvalue weighted by atomic mass is 16.5. The summed E-state index contributed by atoms with van der Waals surface area (Å²) in [7, 11) is 5.84. The van der Waals surface area contributed by atoms with E-state index in [1.807, 2.05) is 9.80 Å². The van der Waals surface area contributed by atoms with E-state index in [1.165, 1.54) is 39.6 Å². The number of benzene rings is 4. The number of amides is 2. The van der Waals surface area contributed by atoms with Crippen molar-refractivity contribution >= 4 is 23.2 Å². The first-order chi connectivity index (χ1) is 27.0. The number of phenolic OH excluding ortho intramolecular Hbond substituents is 2. The minimum absolute atomic E-state index is 0.131. The molecule has 298 valence electrons. The highest BCUT2D eigenvalue weighted by Gasteiger charge is 2.40. The molecule has 0 spiro atoms. The van der Waals surface area contributed by atoms with Crippen LogP contribution in [0, 0.1) is 25.7 Å². The lowest BCUT2D eigenvalue weighted by Gasteiger charge is -2.41. The molecule has 2 saturated heterocycles. The number of hydrogen-bond acceptors (Lipinski definition) is 10. The van der Waals surface area contributed by atoms with Gasteiger partial charge in [0.25, 0.3) is 0 Å². The van der Waals surface area contributed by atoms with Crippen LogP contribution in [0.5, 0.6) is 34.5 Å². The quantitative estimate of drug-likeness (QED) is 0.181. The van der Waals surface area contributed by atoms with Crippen molar-refractivity contribution in [3.05, 3.63) is 95.1 Å². The van der Waals surface area contributed by atoms with Gasteiger partial charge in [-0.2, -0.15) is 0 Å². The maximum atomic E-state index is 15.1. The lowest BCUT2D eigenvalue weighted by Crippen LogP contribution is -2.55. The number of carbonyl (C=O) groups is 2. The first kappa shape index (κ1) is 39.9. The molecule has 0 radical (unpaired) electrons. The molecule has 2 fully saturated rings. The molecule has 2 amide bonds. The van der Waals surface area contributed by atoms with Crippen molar-refractivity contribution in [1.29, 1.82) is 0 Å². The topological polar surface area (TPSA) is 124 Å². The molecular weight excluding hydrogens is 713 g/mol. The van der Waals surface area contributed by atoms with Gasteiger partial charge in [0.1, 0.15) is 0 Å². The van der Waals surface area contributed by atoms with E-state index in [9.17, 15) is 10.2 Å². The Morgan fingerprint density at radius 1 is 0.518 bits per heavy atom. The molecule has 2 N–H and O–H groups in total. The monoisotopic (exact) mass is 766 g/mol. The van der Waals surface area contributed by atoms with Crippen molar-refractivity contribution < 1.29 is 38.7 Å². The maximum Gasteiger partial charge on any atom is 0.226 e. The fourth-order valence-electron chi connectivity index (χ4n) is 7.79. The van der Waals surface area contributed by atoms with Crippen LogP contribution < -0.4 is 28.7 Å². The average Bonchev–Trinajstić information content (AvgIpc) is 3.23. The van der Waals surface area contributed by atoms with Gasteiger partial charge >= 0.3 is 0 Å². The molecule has 4 aromatic rings. The maximum absolute atomic E-state index is 15.1. The highest BCUT2D eigenvalue weighted by molar-refractivity contribution is 5.89. The van der Waals surface area contributed by atoms with E-state index < -0.39 is 11.8 Å². The van der Waals surface area contributed by atoms with E-state index in [4.69, 9.17) is 18.9 Å². The molecule has 12 nitrogen and oxygen atoms in total. The van der Waals surface area contributed by atoms with Gasteiger partial charge in [-0.1, -0.05) is 35.4 Å². The Morgan fingerprint density at radius 2 is 0.804 bits per heavy atom. The van der Waals surface area contributed by atoms with Crippen LogP contribution >= 0.6 is 0 Å². The molecule has 2 atom stereocenters. The van der Waals surface area contributed by atoms with Gasteiger partial charge in [0.15, 0.2) is 23.0 Å². The van der Waals surface area contributed by atoms with Crippen LogP contribution in [0.2, 0.25) is 0 Å². The van der Waals surface area contributed by atoms with Crippen LogP contribution in [0.3, 0.4) is 0 Å². The largest absolute Gasteiger partial charge is 0.502 e. The zero-order chi connectivity index (χ0) is 39.9. The molecule has 0 aliphatic carbocycles. The lowest BCUT2D eigenvalue weighted by molar-refractivity contribution is -0.146. The number of hydrogen-bond donors (Lipinski definition) is 2. The Bertz CT molecular complexity index is 1780. The Morgan fingerprint density at radius 3 is 1.07 bits per heavy atom. The molecule has 2 aliphatic heterocycles. The van der Waals surface area contributed by atoms with E-state index in [0.717, 1.165) is 11.4 Å². The van der Waals surface area contributed by atoms with E-state index in [0.29, 0.717) is 63.5 Å². The van der Waals surface area contributed by atoms with E-state index >= 15 is 9.59 Å². The highest BCUT2D eigenvalue weighted by Crippen LogP contribution is 2.41. The number of aryl methyl sites for hydroxylation is 2. The molecule has 0 aromatic heterocycles. The summed E-state index contributed by atoms with van der Waals surface area (Å²) in [6.07, 6.45) is 0.353. The van der Waals surface area contributed by atoms with Gasteiger partial charge in [-0.25, -0.2) is 0 Å². The summed E-state index contributed by atoms with van der Waals surface area (Å²) in [4.78, 5) is 38.5. The van der Waals surface area contributed by atoms with E-state index in [1.54, 1.807) is 24.3 Å². The Kier molecular flexibility index (Phi) is 12.7. The van der Waals surface area contributed by atoms with Crippen molar-refractivity contribution in [1.82, 2.24) is 9.80 Å². The van der Waals surface area contributed by atoms with Crippen molar-refractivity contribution in [2.75, 3.05) is 90.6 Å². The summed E-state index contributed by atoms with van der Waals surface area (Å²) in [6.45, 7) is 8.67.